The summed E-state index contributed by atoms with van der Waals surface area (Å²) < 4.78 is 0. The molecule has 0 unspecified atom stereocenters. The van der Waals surface area contributed by atoms with Crippen LogP contribution in [-0.2, 0) is 0 Å². The van der Waals surface area contributed by atoms with Crippen LogP contribution in [0.4, 0.5) is 5.69 Å². The highest BCUT2D eigenvalue weighted by Gasteiger charge is 2.25. The van der Waals surface area contributed by atoms with Crippen molar-refractivity contribution in [1.82, 2.24) is 5.32 Å². The van der Waals surface area contributed by atoms with Crippen LogP contribution in [0.1, 0.15) is 27.0 Å². The van der Waals surface area contributed by atoms with E-state index in [4.69, 9.17) is 0 Å². The first kappa shape index (κ1) is 10.4. The molecule has 4 heteroatoms. The third-order valence-corrected chi connectivity index (χ3v) is 3.99. The lowest BCUT2D eigenvalue weighted by Crippen LogP contribution is -2.38. The van der Waals surface area contributed by atoms with Gasteiger partial charge in [0.25, 0.3) is 5.91 Å². The number of hydrogen-bond donors (Lipinski definition) is 2. The van der Waals surface area contributed by atoms with E-state index in [2.05, 4.69) is 23.6 Å². The van der Waals surface area contributed by atoms with Crippen molar-refractivity contribution in [1.29, 1.82) is 0 Å². The molecule has 3 rings (SSSR count). The number of carbonyl (C=O) groups excluding carboxylic acids is 1. The standard InChI is InChI=1S/C13H12N2OS/c1-8-6-7-17-11(8)12-14-10-5-3-2-4-9(10)13(16)15-12/h2-7,12,14H,1H3,(H,15,16)/t12-/m0/s1. The molecule has 1 atom stereocenters. The summed E-state index contributed by atoms with van der Waals surface area (Å²) in [7, 11) is 0. The molecule has 1 amide bonds. The van der Waals surface area contributed by atoms with Crippen LogP contribution in [0.25, 0.3) is 0 Å². The van der Waals surface area contributed by atoms with Gasteiger partial charge in [-0.1, -0.05) is 12.1 Å². The fourth-order valence-electron chi connectivity index (χ4n) is 2.02. The number of thiophene rings is 1. The Bertz CT molecular complexity index is 576. The number of benzene rings is 1. The van der Waals surface area contributed by atoms with Crippen LogP contribution in [0.15, 0.2) is 35.7 Å². The SMILES string of the molecule is Cc1ccsc1[C@@H]1NC(=O)c2ccccc2N1. The minimum absolute atomic E-state index is 0.0165. The zero-order chi connectivity index (χ0) is 11.8. The normalized spacial score (nSPS) is 18.2. The van der Waals surface area contributed by atoms with E-state index in [0.29, 0.717) is 5.56 Å². The maximum atomic E-state index is 12.0. The van der Waals surface area contributed by atoms with Crippen LogP contribution in [0.2, 0.25) is 0 Å². The Kier molecular flexibility index (Phi) is 2.37. The Morgan fingerprint density at radius 3 is 2.76 bits per heavy atom. The van der Waals surface area contributed by atoms with Crippen LogP contribution < -0.4 is 10.6 Å². The number of amides is 1. The first-order valence-electron chi connectivity index (χ1n) is 5.46. The molecule has 1 aromatic carbocycles. The third kappa shape index (κ3) is 1.70. The summed E-state index contributed by atoms with van der Waals surface area (Å²) in [5.41, 5.74) is 2.80. The van der Waals surface area contributed by atoms with Gasteiger partial charge in [-0.05, 0) is 36.1 Å². The topological polar surface area (TPSA) is 41.1 Å². The molecule has 0 bridgehead atoms. The molecule has 1 aliphatic heterocycles. The average Bonchev–Trinajstić information content (AvgIpc) is 2.75. The van der Waals surface area contributed by atoms with Gasteiger partial charge in [-0.15, -0.1) is 11.3 Å². The van der Waals surface area contributed by atoms with E-state index in [-0.39, 0.29) is 12.1 Å². The van der Waals surface area contributed by atoms with Crippen LogP contribution in [-0.4, -0.2) is 5.91 Å². The summed E-state index contributed by atoms with van der Waals surface area (Å²) >= 11 is 1.66. The third-order valence-electron chi connectivity index (χ3n) is 2.91. The van der Waals surface area contributed by atoms with Gasteiger partial charge in [0.1, 0.15) is 6.17 Å². The molecule has 2 heterocycles. The summed E-state index contributed by atoms with van der Waals surface area (Å²) in [5.74, 6) is -0.0165. The Morgan fingerprint density at radius 1 is 1.18 bits per heavy atom. The van der Waals surface area contributed by atoms with Crippen molar-refractivity contribution in [2.75, 3.05) is 5.32 Å². The second-order valence-electron chi connectivity index (χ2n) is 4.06. The molecule has 2 N–H and O–H groups in total. The van der Waals surface area contributed by atoms with Gasteiger partial charge in [0.05, 0.1) is 5.56 Å². The van der Waals surface area contributed by atoms with Crippen molar-refractivity contribution in [2.45, 2.75) is 13.1 Å². The van der Waals surface area contributed by atoms with Crippen molar-refractivity contribution >= 4 is 22.9 Å². The number of hydrogen-bond acceptors (Lipinski definition) is 3. The quantitative estimate of drug-likeness (QED) is 0.809. The Morgan fingerprint density at radius 2 is 2.00 bits per heavy atom. The molecule has 0 aliphatic carbocycles. The van der Waals surface area contributed by atoms with Gasteiger partial charge in [0.15, 0.2) is 0 Å². The van der Waals surface area contributed by atoms with E-state index in [1.54, 1.807) is 11.3 Å². The molecular weight excluding hydrogens is 232 g/mol. The van der Waals surface area contributed by atoms with Crippen LogP contribution in [0, 0.1) is 6.92 Å². The second kappa shape index (κ2) is 3.89. The van der Waals surface area contributed by atoms with Crippen LogP contribution in [0.5, 0.6) is 0 Å². The zero-order valence-electron chi connectivity index (χ0n) is 9.36. The van der Waals surface area contributed by atoms with Crippen LogP contribution >= 0.6 is 11.3 Å². The maximum Gasteiger partial charge on any atom is 0.255 e. The number of rotatable bonds is 1. The number of para-hydroxylation sites is 1. The van der Waals surface area contributed by atoms with Gasteiger partial charge in [-0.25, -0.2) is 0 Å². The smallest absolute Gasteiger partial charge is 0.255 e. The lowest BCUT2D eigenvalue weighted by molar-refractivity contribution is 0.0936. The number of nitrogens with one attached hydrogen (secondary N) is 2. The lowest BCUT2D eigenvalue weighted by Gasteiger charge is -2.27. The van der Waals surface area contributed by atoms with Gasteiger partial charge in [-0.2, -0.15) is 0 Å². The number of fused-ring (bicyclic) bond motifs is 1. The highest BCUT2D eigenvalue weighted by atomic mass is 32.1. The highest BCUT2D eigenvalue weighted by Crippen LogP contribution is 2.30. The lowest BCUT2D eigenvalue weighted by atomic mass is 10.1. The van der Waals surface area contributed by atoms with Gasteiger partial charge in [-0.3, -0.25) is 4.79 Å². The van der Waals surface area contributed by atoms with E-state index in [0.717, 1.165) is 10.6 Å². The summed E-state index contributed by atoms with van der Waals surface area (Å²) in [6.07, 6.45) is -0.114. The predicted molar refractivity (Wildman–Crippen MR) is 69.3 cm³/mol. The molecule has 17 heavy (non-hydrogen) atoms. The van der Waals surface area contributed by atoms with Crippen molar-refractivity contribution in [3.63, 3.8) is 0 Å². The van der Waals surface area contributed by atoms with E-state index in [9.17, 15) is 4.79 Å². The fourth-order valence-corrected chi connectivity index (χ4v) is 2.95. The summed E-state index contributed by atoms with van der Waals surface area (Å²) in [6, 6.07) is 9.63. The predicted octanol–water partition coefficient (Wildman–Crippen LogP) is 2.91. The Hall–Kier alpha value is -1.81. The molecule has 0 saturated carbocycles. The highest BCUT2D eigenvalue weighted by molar-refractivity contribution is 7.10. The Balaban J connectivity index is 1.99. The van der Waals surface area contributed by atoms with Gasteiger partial charge in [0.2, 0.25) is 0 Å². The molecule has 0 fully saturated rings. The van der Waals surface area contributed by atoms with Crippen LogP contribution in [0.3, 0.4) is 0 Å². The molecule has 0 radical (unpaired) electrons. The minimum atomic E-state index is -0.114. The molecule has 2 aromatic rings. The van der Waals surface area contributed by atoms with E-state index in [1.807, 2.05) is 29.6 Å². The van der Waals surface area contributed by atoms with E-state index in [1.165, 1.54) is 5.56 Å². The summed E-state index contributed by atoms with van der Waals surface area (Å²) in [4.78, 5) is 13.1. The molecule has 0 spiro atoms. The zero-order valence-corrected chi connectivity index (χ0v) is 10.2. The number of aryl methyl sites for hydroxylation is 1. The largest absolute Gasteiger partial charge is 0.360 e. The number of anilines is 1. The number of carbonyl (C=O) groups is 1. The van der Waals surface area contributed by atoms with Gasteiger partial charge < -0.3 is 10.6 Å². The molecule has 0 saturated heterocycles. The minimum Gasteiger partial charge on any atom is -0.360 e. The molecule has 1 aromatic heterocycles. The summed E-state index contributed by atoms with van der Waals surface area (Å²) in [5, 5.41) is 8.37. The van der Waals surface area contributed by atoms with E-state index >= 15 is 0 Å². The molecule has 86 valence electrons. The average molecular weight is 244 g/mol. The van der Waals surface area contributed by atoms with Gasteiger partial charge >= 0.3 is 0 Å². The monoisotopic (exact) mass is 244 g/mol. The van der Waals surface area contributed by atoms with Gasteiger partial charge in [0, 0.05) is 10.6 Å². The van der Waals surface area contributed by atoms with Crippen molar-refractivity contribution < 1.29 is 4.79 Å². The van der Waals surface area contributed by atoms with E-state index < -0.39 is 0 Å². The summed E-state index contributed by atoms with van der Waals surface area (Å²) in [6.45, 7) is 2.06. The first-order chi connectivity index (χ1) is 8.25. The fraction of sp³-hybridized carbons (Fsp3) is 0.154. The second-order valence-corrected chi connectivity index (χ2v) is 5.01. The van der Waals surface area contributed by atoms with Crippen molar-refractivity contribution in [2.24, 2.45) is 0 Å². The molecule has 1 aliphatic rings. The van der Waals surface area contributed by atoms with Crippen molar-refractivity contribution in [3.05, 3.63) is 51.7 Å². The van der Waals surface area contributed by atoms with Crippen molar-refractivity contribution in [3.8, 4) is 0 Å². The Labute approximate surface area is 103 Å². The maximum absolute atomic E-state index is 12.0. The molecular formula is C13H12N2OS. The molecule has 3 nitrogen and oxygen atoms in total. The first-order valence-corrected chi connectivity index (χ1v) is 6.34.